The molecule has 0 unspecified atom stereocenters. The molecule has 1 aliphatic carbocycles. The van der Waals surface area contributed by atoms with Crippen LogP contribution in [0.15, 0.2) is 11.4 Å². The summed E-state index contributed by atoms with van der Waals surface area (Å²) in [6, 6.07) is 2.69. The van der Waals surface area contributed by atoms with Crippen molar-refractivity contribution in [2.45, 2.75) is 25.3 Å². The van der Waals surface area contributed by atoms with Gasteiger partial charge in [0.15, 0.2) is 0 Å². The second kappa shape index (κ2) is 4.24. The molecule has 0 amide bonds. The van der Waals surface area contributed by atoms with Gasteiger partial charge in [-0.25, -0.2) is 0 Å². The van der Waals surface area contributed by atoms with Gasteiger partial charge in [0.2, 0.25) is 0 Å². The molecule has 2 heterocycles. The summed E-state index contributed by atoms with van der Waals surface area (Å²) in [5.41, 5.74) is 1.47. The van der Waals surface area contributed by atoms with Gasteiger partial charge in [0, 0.05) is 18.0 Å². The Morgan fingerprint density at radius 3 is 3.20 bits per heavy atom. The van der Waals surface area contributed by atoms with Crippen LogP contribution >= 0.6 is 11.3 Å². The third kappa shape index (κ3) is 2.25. The summed E-state index contributed by atoms with van der Waals surface area (Å²) < 4.78 is 5.77. The second-order valence-electron chi connectivity index (χ2n) is 4.54. The number of fused-ring (bicyclic) bond motifs is 1. The van der Waals surface area contributed by atoms with E-state index >= 15 is 0 Å². The molecule has 2 aliphatic rings. The van der Waals surface area contributed by atoms with Crippen molar-refractivity contribution < 1.29 is 4.74 Å². The number of hydrogen-bond acceptors (Lipinski definition) is 3. The Balaban J connectivity index is 1.57. The maximum atomic E-state index is 5.77. The number of nitrogens with one attached hydrogen (secondary N) is 1. The summed E-state index contributed by atoms with van der Waals surface area (Å²) in [5.74, 6) is 0.871. The smallest absolute Gasteiger partial charge is 0.0662 e. The summed E-state index contributed by atoms with van der Waals surface area (Å²) >= 11 is 1.89. The van der Waals surface area contributed by atoms with E-state index in [9.17, 15) is 0 Å². The Bertz CT molecular complexity index is 332. The Hall–Kier alpha value is -0.380. The fourth-order valence-electron chi connectivity index (χ4n) is 2.12. The topological polar surface area (TPSA) is 21.3 Å². The van der Waals surface area contributed by atoms with Crippen molar-refractivity contribution in [1.29, 1.82) is 0 Å². The first kappa shape index (κ1) is 9.82. The maximum absolute atomic E-state index is 5.77. The third-order valence-corrected chi connectivity index (χ3v) is 4.23. The lowest BCUT2D eigenvalue weighted by Crippen LogP contribution is -2.32. The molecule has 15 heavy (non-hydrogen) atoms. The molecule has 1 atom stereocenters. The van der Waals surface area contributed by atoms with Crippen LogP contribution in [0.25, 0.3) is 0 Å². The van der Waals surface area contributed by atoms with Crippen LogP contribution in [0.1, 0.15) is 29.3 Å². The molecule has 1 aromatic rings. The Labute approximate surface area is 94.6 Å². The van der Waals surface area contributed by atoms with E-state index in [1.807, 2.05) is 11.3 Å². The third-order valence-electron chi connectivity index (χ3n) is 3.23. The lowest BCUT2D eigenvalue weighted by Gasteiger charge is -2.24. The predicted molar refractivity (Wildman–Crippen MR) is 62.3 cm³/mol. The van der Waals surface area contributed by atoms with E-state index in [2.05, 4.69) is 16.8 Å². The molecule has 2 nitrogen and oxygen atoms in total. The van der Waals surface area contributed by atoms with Gasteiger partial charge < -0.3 is 10.1 Å². The van der Waals surface area contributed by atoms with E-state index in [0.717, 1.165) is 25.7 Å². The van der Waals surface area contributed by atoms with Crippen molar-refractivity contribution in [3.05, 3.63) is 21.9 Å². The number of ether oxygens (including phenoxy) is 1. The van der Waals surface area contributed by atoms with Crippen molar-refractivity contribution in [2.75, 3.05) is 19.8 Å². The molecule has 3 heteroatoms. The highest BCUT2D eigenvalue weighted by Crippen LogP contribution is 2.30. The minimum absolute atomic E-state index is 0.443. The zero-order chi connectivity index (χ0) is 10.1. The highest BCUT2D eigenvalue weighted by Gasteiger charge is 2.24. The number of rotatable bonds is 4. The zero-order valence-electron chi connectivity index (χ0n) is 8.87. The van der Waals surface area contributed by atoms with E-state index < -0.39 is 0 Å². The Morgan fingerprint density at radius 1 is 1.40 bits per heavy atom. The quantitative estimate of drug-likeness (QED) is 0.846. The average Bonchev–Trinajstić information content (AvgIpc) is 2.95. The molecule has 1 N–H and O–H groups in total. The lowest BCUT2D eigenvalue weighted by molar-refractivity contribution is 0.101. The van der Waals surface area contributed by atoms with Crippen LogP contribution in [-0.2, 0) is 11.2 Å². The van der Waals surface area contributed by atoms with Gasteiger partial charge in [-0.15, -0.1) is 11.3 Å². The normalized spacial score (nSPS) is 25.2. The molecule has 0 aromatic carbocycles. The van der Waals surface area contributed by atoms with E-state index in [1.54, 1.807) is 4.88 Å². The number of hydrogen-bond donors (Lipinski definition) is 1. The van der Waals surface area contributed by atoms with E-state index in [4.69, 9.17) is 4.74 Å². The summed E-state index contributed by atoms with van der Waals surface area (Å²) in [5, 5.41) is 5.74. The lowest BCUT2D eigenvalue weighted by atomic mass is 10.0. The van der Waals surface area contributed by atoms with Crippen molar-refractivity contribution in [3.8, 4) is 0 Å². The summed E-state index contributed by atoms with van der Waals surface area (Å²) in [4.78, 5) is 1.55. The second-order valence-corrected chi connectivity index (χ2v) is 5.54. The van der Waals surface area contributed by atoms with Gasteiger partial charge in [0.05, 0.1) is 12.6 Å². The van der Waals surface area contributed by atoms with Crippen LogP contribution in [0.5, 0.6) is 0 Å². The van der Waals surface area contributed by atoms with Crippen LogP contribution in [0.3, 0.4) is 0 Å². The fourth-order valence-corrected chi connectivity index (χ4v) is 3.07. The molecule has 82 valence electrons. The first-order valence-corrected chi connectivity index (χ1v) is 6.69. The van der Waals surface area contributed by atoms with Crippen LogP contribution in [0.4, 0.5) is 0 Å². The first-order chi connectivity index (χ1) is 7.43. The SMILES string of the molecule is c1cc2c(s1)CCN[C@H]2COCC1CC1. The van der Waals surface area contributed by atoms with Crippen molar-refractivity contribution in [3.63, 3.8) is 0 Å². The zero-order valence-corrected chi connectivity index (χ0v) is 9.69. The molecule has 1 aromatic heterocycles. The molecule has 0 saturated heterocycles. The van der Waals surface area contributed by atoms with Crippen LogP contribution in [0.2, 0.25) is 0 Å². The Morgan fingerprint density at radius 2 is 2.33 bits per heavy atom. The maximum Gasteiger partial charge on any atom is 0.0662 e. The molecular weight excluding hydrogens is 206 g/mol. The Kier molecular flexibility index (Phi) is 2.77. The molecule has 3 rings (SSSR count). The van der Waals surface area contributed by atoms with Gasteiger partial charge in [0.25, 0.3) is 0 Å². The number of thiophene rings is 1. The van der Waals surface area contributed by atoms with Gasteiger partial charge in [-0.3, -0.25) is 0 Å². The van der Waals surface area contributed by atoms with Crippen molar-refractivity contribution in [1.82, 2.24) is 5.32 Å². The van der Waals surface area contributed by atoms with Gasteiger partial charge >= 0.3 is 0 Å². The summed E-state index contributed by atoms with van der Waals surface area (Å²) in [6.07, 6.45) is 3.94. The first-order valence-electron chi connectivity index (χ1n) is 5.81. The molecule has 0 bridgehead atoms. The monoisotopic (exact) mass is 223 g/mol. The van der Waals surface area contributed by atoms with Gasteiger partial charge in [0.1, 0.15) is 0 Å². The van der Waals surface area contributed by atoms with Crippen molar-refractivity contribution in [2.24, 2.45) is 5.92 Å². The van der Waals surface area contributed by atoms with E-state index in [1.165, 1.54) is 24.8 Å². The molecule has 0 radical (unpaired) electrons. The summed E-state index contributed by atoms with van der Waals surface area (Å²) in [6.45, 7) is 2.92. The highest BCUT2D eigenvalue weighted by molar-refractivity contribution is 7.10. The van der Waals surface area contributed by atoms with Gasteiger partial charge in [-0.1, -0.05) is 0 Å². The molecule has 1 fully saturated rings. The van der Waals surface area contributed by atoms with E-state index in [-0.39, 0.29) is 0 Å². The minimum Gasteiger partial charge on any atom is -0.379 e. The van der Waals surface area contributed by atoms with Crippen molar-refractivity contribution >= 4 is 11.3 Å². The van der Waals surface area contributed by atoms with Gasteiger partial charge in [-0.05, 0) is 42.2 Å². The van der Waals surface area contributed by atoms with Crippen LogP contribution in [-0.4, -0.2) is 19.8 Å². The predicted octanol–water partition coefficient (Wildman–Crippen LogP) is 2.36. The largest absolute Gasteiger partial charge is 0.379 e. The van der Waals surface area contributed by atoms with E-state index in [0.29, 0.717) is 6.04 Å². The molecule has 0 spiro atoms. The average molecular weight is 223 g/mol. The standard InChI is InChI=1S/C12H17NOS/c1-2-9(1)7-14-8-11-10-4-6-15-12(10)3-5-13-11/h4,6,9,11,13H,1-3,5,7-8H2/t11-/m0/s1. The summed E-state index contributed by atoms with van der Waals surface area (Å²) in [7, 11) is 0. The van der Waals surface area contributed by atoms with Crippen LogP contribution < -0.4 is 5.32 Å². The van der Waals surface area contributed by atoms with Gasteiger partial charge in [-0.2, -0.15) is 0 Å². The minimum atomic E-state index is 0.443. The van der Waals surface area contributed by atoms with Crippen LogP contribution in [0, 0.1) is 5.92 Å². The highest BCUT2D eigenvalue weighted by atomic mass is 32.1. The molecular formula is C12H17NOS. The molecule has 1 aliphatic heterocycles. The fraction of sp³-hybridized carbons (Fsp3) is 0.667. The molecule has 1 saturated carbocycles.